The molecule has 48 valence electrons. The van der Waals surface area contributed by atoms with E-state index in [2.05, 4.69) is 9.68 Å². The van der Waals surface area contributed by atoms with Gasteiger partial charge in [0.15, 0.2) is 5.82 Å². The van der Waals surface area contributed by atoms with Crippen LogP contribution in [0, 0.1) is 0 Å². The van der Waals surface area contributed by atoms with E-state index in [0.717, 1.165) is 0 Å². The van der Waals surface area contributed by atoms with Crippen LogP contribution in [-0.4, -0.2) is 16.1 Å². The standard InChI is InChI=1S/C3H2N2O4.K/c6-2(7)1-4-3(8)9-5-1;/h(H,6,7)(H,4,5,8);/q;+1/p-1. The van der Waals surface area contributed by atoms with Gasteiger partial charge in [0.1, 0.15) is 5.97 Å². The number of nitrogens with one attached hydrogen (secondary N) is 1. The van der Waals surface area contributed by atoms with Crippen LogP contribution in [-0.2, 0) is 0 Å². The van der Waals surface area contributed by atoms with Crippen LogP contribution in [0.1, 0.15) is 10.6 Å². The van der Waals surface area contributed by atoms with Crippen molar-refractivity contribution in [2.75, 3.05) is 0 Å². The van der Waals surface area contributed by atoms with Crippen LogP contribution < -0.4 is 62.2 Å². The smallest absolute Gasteiger partial charge is 0.541 e. The molecule has 0 bridgehead atoms. The summed E-state index contributed by atoms with van der Waals surface area (Å²) in [6, 6.07) is 0. The SMILES string of the molecule is O=C([O-])c1noc(=O)[nH]1.[K+]. The molecule has 0 radical (unpaired) electrons. The summed E-state index contributed by atoms with van der Waals surface area (Å²) < 4.78 is 3.84. The quantitative estimate of drug-likeness (QED) is 0.422. The molecular weight excluding hydrogens is 167 g/mol. The Morgan fingerprint density at radius 3 is 2.50 bits per heavy atom. The molecule has 0 fully saturated rings. The van der Waals surface area contributed by atoms with E-state index >= 15 is 0 Å². The van der Waals surface area contributed by atoms with Crippen molar-refractivity contribution in [2.45, 2.75) is 0 Å². The summed E-state index contributed by atoms with van der Waals surface area (Å²) in [6.45, 7) is 0. The first-order chi connectivity index (χ1) is 4.20. The molecule has 0 aliphatic carbocycles. The van der Waals surface area contributed by atoms with Gasteiger partial charge in [-0.05, 0) is 0 Å². The Labute approximate surface area is 97.0 Å². The van der Waals surface area contributed by atoms with Gasteiger partial charge in [-0.3, -0.25) is 9.51 Å². The van der Waals surface area contributed by atoms with E-state index < -0.39 is 17.5 Å². The predicted octanol–water partition coefficient (Wildman–Crippen LogP) is -5.27. The number of carbonyl (C=O) groups is 1. The van der Waals surface area contributed by atoms with Crippen molar-refractivity contribution >= 4 is 5.97 Å². The Balaban J connectivity index is 0.000000810. The molecule has 0 spiro atoms. The number of carbonyl (C=O) groups excluding carboxylic acids is 1. The average Bonchev–Trinajstić information content (AvgIpc) is 2.14. The topological polar surface area (TPSA) is 99.0 Å². The summed E-state index contributed by atoms with van der Waals surface area (Å²) in [5.41, 5.74) is 0. The Morgan fingerprint density at radius 2 is 2.30 bits per heavy atom. The van der Waals surface area contributed by atoms with Crippen molar-refractivity contribution in [2.24, 2.45) is 0 Å². The number of nitrogens with zero attached hydrogens (tertiary/aromatic N) is 1. The molecule has 0 unspecified atom stereocenters. The van der Waals surface area contributed by atoms with Gasteiger partial charge >= 0.3 is 57.1 Å². The van der Waals surface area contributed by atoms with Crippen LogP contribution in [0.15, 0.2) is 9.32 Å². The zero-order valence-corrected chi connectivity index (χ0v) is 8.20. The van der Waals surface area contributed by atoms with Gasteiger partial charge in [0.25, 0.3) is 0 Å². The Kier molecular flexibility index (Phi) is 4.05. The van der Waals surface area contributed by atoms with E-state index in [-0.39, 0.29) is 51.4 Å². The Bertz CT molecular complexity index is 276. The van der Waals surface area contributed by atoms with Crippen molar-refractivity contribution in [1.82, 2.24) is 10.1 Å². The van der Waals surface area contributed by atoms with E-state index in [9.17, 15) is 14.7 Å². The van der Waals surface area contributed by atoms with E-state index in [4.69, 9.17) is 0 Å². The number of carboxylic acids is 1. The van der Waals surface area contributed by atoms with Crippen molar-refractivity contribution in [3.8, 4) is 0 Å². The molecule has 1 heterocycles. The van der Waals surface area contributed by atoms with E-state index in [1.807, 2.05) is 0 Å². The van der Waals surface area contributed by atoms with Gasteiger partial charge in [0.05, 0.1) is 0 Å². The second-order valence-electron chi connectivity index (χ2n) is 1.23. The van der Waals surface area contributed by atoms with Gasteiger partial charge in [0.2, 0.25) is 0 Å². The normalized spacial score (nSPS) is 8.40. The molecule has 7 heteroatoms. The number of rotatable bonds is 1. The van der Waals surface area contributed by atoms with Crippen molar-refractivity contribution in [3.05, 3.63) is 16.4 Å². The Hall–Kier alpha value is 0.0464. The number of carboxylic acid groups (broad SMARTS) is 1. The van der Waals surface area contributed by atoms with Crippen LogP contribution in [0.4, 0.5) is 0 Å². The van der Waals surface area contributed by atoms with Gasteiger partial charge in [-0.25, -0.2) is 4.79 Å². The van der Waals surface area contributed by atoms with Crippen LogP contribution in [0.25, 0.3) is 0 Å². The summed E-state index contributed by atoms with van der Waals surface area (Å²) in [5, 5.41) is 12.6. The first kappa shape index (κ1) is 10.0. The third-order valence-corrected chi connectivity index (χ3v) is 0.634. The molecule has 1 rings (SSSR count). The summed E-state index contributed by atoms with van der Waals surface area (Å²) in [5.74, 6) is -3.07. The monoisotopic (exact) mass is 168 g/mol. The molecular formula is C3HKN2O4. The average molecular weight is 168 g/mol. The van der Waals surface area contributed by atoms with E-state index in [1.54, 1.807) is 4.98 Å². The van der Waals surface area contributed by atoms with Gasteiger partial charge < -0.3 is 9.90 Å². The molecule has 1 N–H and O–H groups in total. The number of H-pyrrole nitrogens is 1. The van der Waals surface area contributed by atoms with Crippen LogP contribution in [0.3, 0.4) is 0 Å². The van der Waals surface area contributed by atoms with Gasteiger partial charge in [0, 0.05) is 0 Å². The summed E-state index contributed by atoms with van der Waals surface area (Å²) in [6.07, 6.45) is 0. The minimum absolute atomic E-state index is 0. The minimum Gasteiger partial charge on any atom is -0.541 e. The molecule has 1 aromatic heterocycles. The zero-order valence-electron chi connectivity index (χ0n) is 5.08. The second-order valence-corrected chi connectivity index (χ2v) is 1.23. The summed E-state index contributed by atoms with van der Waals surface area (Å²) >= 11 is 0. The fourth-order valence-corrected chi connectivity index (χ4v) is 0.318. The fourth-order valence-electron chi connectivity index (χ4n) is 0.318. The zero-order chi connectivity index (χ0) is 6.85. The summed E-state index contributed by atoms with van der Waals surface area (Å²) in [7, 11) is 0. The summed E-state index contributed by atoms with van der Waals surface area (Å²) in [4.78, 5) is 21.6. The first-order valence-corrected chi connectivity index (χ1v) is 1.97. The third-order valence-electron chi connectivity index (χ3n) is 0.634. The molecule has 0 aliphatic heterocycles. The second kappa shape index (κ2) is 4.04. The minimum atomic E-state index is -1.57. The molecule has 0 amide bonds. The van der Waals surface area contributed by atoms with Crippen molar-refractivity contribution in [3.63, 3.8) is 0 Å². The van der Waals surface area contributed by atoms with Crippen molar-refractivity contribution < 1.29 is 65.8 Å². The molecule has 10 heavy (non-hydrogen) atoms. The van der Waals surface area contributed by atoms with Gasteiger partial charge in [-0.15, -0.1) is 0 Å². The number of aromatic carboxylic acids is 1. The molecule has 6 nitrogen and oxygen atoms in total. The maximum Gasteiger partial charge on any atom is 1.00 e. The largest absolute Gasteiger partial charge is 1.00 e. The van der Waals surface area contributed by atoms with Crippen LogP contribution in [0.5, 0.6) is 0 Å². The number of hydrogen-bond acceptors (Lipinski definition) is 5. The van der Waals surface area contributed by atoms with E-state index in [0.29, 0.717) is 0 Å². The number of aromatic nitrogens is 2. The number of hydrogen-bond donors (Lipinski definition) is 1. The maximum absolute atomic E-state index is 10.0. The molecule has 0 saturated heterocycles. The fraction of sp³-hybridized carbons (Fsp3) is 0. The van der Waals surface area contributed by atoms with Crippen molar-refractivity contribution in [1.29, 1.82) is 0 Å². The molecule has 0 aromatic carbocycles. The van der Waals surface area contributed by atoms with E-state index in [1.165, 1.54) is 0 Å². The van der Waals surface area contributed by atoms with Gasteiger partial charge in [-0.1, -0.05) is 5.16 Å². The first-order valence-electron chi connectivity index (χ1n) is 1.97. The predicted molar refractivity (Wildman–Crippen MR) is 21.5 cm³/mol. The van der Waals surface area contributed by atoms with Crippen LogP contribution in [0.2, 0.25) is 0 Å². The number of aromatic amines is 1. The maximum atomic E-state index is 10.0. The third kappa shape index (κ3) is 2.35. The molecule has 1 aromatic rings. The van der Waals surface area contributed by atoms with Crippen LogP contribution >= 0.6 is 0 Å². The van der Waals surface area contributed by atoms with Gasteiger partial charge in [-0.2, -0.15) is 0 Å². The molecule has 0 aliphatic rings. The molecule has 0 atom stereocenters. The Morgan fingerprint density at radius 1 is 1.70 bits per heavy atom. The molecule has 0 saturated carbocycles.